The maximum atomic E-state index is 11.8. The molecule has 0 aromatic heterocycles. The molecule has 14 heavy (non-hydrogen) atoms. The van der Waals surface area contributed by atoms with Crippen molar-refractivity contribution in [2.45, 2.75) is 38.6 Å². The van der Waals surface area contributed by atoms with Gasteiger partial charge in [0.15, 0.2) is 0 Å². The van der Waals surface area contributed by atoms with Gasteiger partial charge in [0.05, 0.1) is 5.75 Å². The summed E-state index contributed by atoms with van der Waals surface area (Å²) in [4.78, 5) is 0. The molecular formula is C9H18ClNO2S. The van der Waals surface area contributed by atoms with Crippen molar-refractivity contribution in [3.63, 3.8) is 0 Å². The Hall–Kier alpha value is 0.200. The largest absolute Gasteiger partial charge is 0.214 e. The van der Waals surface area contributed by atoms with E-state index in [4.69, 9.17) is 11.6 Å². The molecular weight excluding hydrogens is 222 g/mol. The van der Waals surface area contributed by atoms with Crippen molar-refractivity contribution in [3.05, 3.63) is 0 Å². The van der Waals surface area contributed by atoms with Crippen LogP contribution in [0.25, 0.3) is 0 Å². The molecule has 0 aromatic carbocycles. The van der Waals surface area contributed by atoms with Crippen LogP contribution in [0.2, 0.25) is 0 Å². The third-order valence-corrected chi connectivity index (χ3v) is 4.95. The van der Waals surface area contributed by atoms with Crippen molar-refractivity contribution in [3.8, 4) is 0 Å². The lowest BCUT2D eigenvalue weighted by Crippen LogP contribution is -2.36. The molecule has 0 bridgehead atoms. The highest BCUT2D eigenvalue weighted by Crippen LogP contribution is 2.23. The number of halogens is 1. The van der Waals surface area contributed by atoms with Crippen LogP contribution in [0.5, 0.6) is 0 Å². The van der Waals surface area contributed by atoms with Crippen molar-refractivity contribution < 1.29 is 8.42 Å². The summed E-state index contributed by atoms with van der Waals surface area (Å²) in [5.41, 5.74) is 0. The first-order valence-electron chi connectivity index (χ1n) is 5.17. The van der Waals surface area contributed by atoms with E-state index in [0.29, 0.717) is 18.8 Å². The van der Waals surface area contributed by atoms with Gasteiger partial charge in [0.25, 0.3) is 0 Å². The van der Waals surface area contributed by atoms with E-state index < -0.39 is 10.0 Å². The van der Waals surface area contributed by atoms with Crippen LogP contribution in [0, 0.1) is 0 Å². The fourth-order valence-corrected chi connectivity index (χ4v) is 4.09. The van der Waals surface area contributed by atoms with Crippen LogP contribution in [-0.2, 0) is 10.0 Å². The van der Waals surface area contributed by atoms with E-state index in [-0.39, 0.29) is 11.8 Å². The van der Waals surface area contributed by atoms with Crippen LogP contribution in [-0.4, -0.2) is 36.9 Å². The lowest BCUT2D eigenvalue weighted by atomic mass is 10.2. The van der Waals surface area contributed by atoms with Gasteiger partial charge in [-0.05, 0) is 25.7 Å². The minimum Gasteiger partial charge on any atom is -0.212 e. The second kappa shape index (κ2) is 5.33. The summed E-state index contributed by atoms with van der Waals surface area (Å²) in [6.45, 7) is 2.74. The third kappa shape index (κ3) is 2.84. The van der Waals surface area contributed by atoms with Crippen LogP contribution in [0.15, 0.2) is 0 Å². The van der Waals surface area contributed by atoms with Crippen molar-refractivity contribution in [1.29, 1.82) is 0 Å². The summed E-state index contributed by atoms with van der Waals surface area (Å²) in [5, 5.41) is 0. The van der Waals surface area contributed by atoms with E-state index in [1.54, 1.807) is 4.31 Å². The zero-order chi connectivity index (χ0) is 10.6. The number of alkyl halides is 1. The summed E-state index contributed by atoms with van der Waals surface area (Å²) >= 11 is 5.50. The average molecular weight is 240 g/mol. The Morgan fingerprint density at radius 3 is 2.79 bits per heavy atom. The Morgan fingerprint density at radius 2 is 2.21 bits per heavy atom. The number of hydrogen-bond acceptors (Lipinski definition) is 2. The molecule has 1 heterocycles. The highest BCUT2D eigenvalue weighted by atomic mass is 35.5. The topological polar surface area (TPSA) is 37.4 Å². The number of hydrogen-bond donors (Lipinski definition) is 0. The highest BCUT2D eigenvalue weighted by molar-refractivity contribution is 7.89. The van der Waals surface area contributed by atoms with Gasteiger partial charge in [-0.2, -0.15) is 4.31 Å². The first-order valence-corrected chi connectivity index (χ1v) is 7.31. The van der Waals surface area contributed by atoms with Gasteiger partial charge in [0, 0.05) is 18.5 Å². The van der Waals surface area contributed by atoms with Gasteiger partial charge >= 0.3 is 0 Å². The minimum atomic E-state index is -3.03. The van der Waals surface area contributed by atoms with Crippen molar-refractivity contribution in [2.24, 2.45) is 0 Å². The molecule has 0 amide bonds. The molecule has 1 aliphatic rings. The summed E-state index contributed by atoms with van der Waals surface area (Å²) in [5.74, 6) is 0.622. The highest BCUT2D eigenvalue weighted by Gasteiger charge is 2.32. The molecule has 1 unspecified atom stereocenters. The number of nitrogens with zero attached hydrogens (tertiary/aromatic N) is 1. The number of sulfonamides is 1. The van der Waals surface area contributed by atoms with Crippen molar-refractivity contribution in [1.82, 2.24) is 4.31 Å². The molecule has 1 fully saturated rings. The summed E-state index contributed by atoms with van der Waals surface area (Å²) in [6, 6.07) is 0.232. The van der Waals surface area contributed by atoms with Gasteiger partial charge < -0.3 is 0 Å². The molecule has 0 aliphatic carbocycles. The second-order valence-corrected chi connectivity index (χ2v) is 6.09. The Kier molecular flexibility index (Phi) is 4.67. The zero-order valence-corrected chi connectivity index (χ0v) is 10.1. The third-order valence-electron chi connectivity index (χ3n) is 2.69. The molecule has 0 spiro atoms. The van der Waals surface area contributed by atoms with Gasteiger partial charge in [0.2, 0.25) is 10.0 Å². The Morgan fingerprint density at radius 1 is 1.50 bits per heavy atom. The smallest absolute Gasteiger partial charge is 0.212 e. The molecule has 1 rings (SSSR count). The molecule has 0 N–H and O–H groups in total. The Bertz CT molecular complexity index is 266. The van der Waals surface area contributed by atoms with Crippen LogP contribution < -0.4 is 0 Å². The molecule has 84 valence electrons. The quantitative estimate of drug-likeness (QED) is 0.687. The second-order valence-electron chi connectivity index (χ2n) is 3.67. The van der Waals surface area contributed by atoms with Gasteiger partial charge in [-0.3, -0.25) is 0 Å². The first kappa shape index (κ1) is 12.3. The molecule has 3 nitrogen and oxygen atoms in total. The maximum absolute atomic E-state index is 11.8. The van der Waals surface area contributed by atoms with E-state index in [9.17, 15) is 8.42 Å². The molecule has 0 radical (unpaired) electrons. The summed E-state index contributed by atoms with van der Waals surface area (Å²) < 4.78 is 25.3. The standard InChI is InChI=1S/C9H18ClNO2S/c1-2-9-5-3-7-11(9)14(12,13)8-4-6-10/h9H,2-8H2,1H3. The first-order chi connectivity index (χ1) is 6.61. The molecule has 1 saturated heterocycles. The maximum Gasteiger partial charge on any atom is 0.214 e. The molecule has 0 aromatic rings. The van der Waals surface area contributed by atoms with Gasteiger partial charge in [0.1, 0.15) is 0 Å². The Balaban J connectivity index is 2.61. The number of rotatable bonds is 5. The lowest BCUT2D eigenvalue weighted by Gasteiger charge is -2.22. The van der Waals surface area contributed by atoms with Gasteiger partial charge in [-0.15, -0.1) is 11.6 Å². The predicted molar refractivity (Wildman–Crippen MR) is 59.1 cm³/mol. The predicted octanol–water partition coefficient (Wildman–Crippen LogP) is 1.82. The SMILES string of the molecule is CCC1CCCN1S(=O)(=O)CCCCl. The van der Waals surface area contributed by atoms with E-state index in [2.05, 4.69) is 0 Å². The van der Waals surface area contributed by atoms with Crippen LogP contribution in [0.4, 0.5) is 0 Å². The molecule has 0 saturated carbocycles. The van der Waals surface area contributed by atoms with E-state index in [1.807, 2.05) is 6.92 Å². The fourth-order valence-electron chi connectivity index (χ4n) is 1.94. The van der Waals surface area contributed by atoms with Crippen LogP contribution >= 0.6 is 11.6 Å². The van der Waals surface area contributed by atoms with Crippen molar-refractivity contribution in [2.75, 3.05) is 18.2 Å². The van der Waals surface area contributed by atoms with E-state index >= 15 is 0 Å². The van der Waals surface area contributed by atoms with Gasteiger partial charge in [-0.25, -0.2) is 8.42 Å². The average Bonchev–Trinajstić information content (AvgIpc) is 2.63. The summed E-state index contributed by atoms with van der Waals surface area (Å²) in [7, 11) is -3.03. The lowest BCUT2D eigenvalue weighted by molar-refractivity contribution is 0.379. The van der Waals surface area contributed by atoms with Crippen LogP contribution in [0.3, 0.4) is 0 Å². The molecule has 5 heteroatoms. The normalized spacial score (nSPS) is 24.3. The fraction of sp³-hybridized carbons (Fsp3) is 1.00. The van der Waals surface area contributed by atoms with E-state index in [1.165, 1.54) is 0 Å². The molecule has 1 aliphatic heterocycles. The van der Waals surface area contributed by atoms with Gasteiger partial charge in [-0.1, -0.05) is 6.92 Å². The Labute approximate surface area is 91.5 Å². The van der Waals surface area contributed by atoms with E-state index in [0.717, 1.165) is 19.3 Å². The molecule has 1 atom stereocenters. The zero-order valence-electron chi connectivity index (χ0n) is 8.58. The van der Waals surface area contributed by atoms with Crippen molar-refractivity contribution >= 4 is 21.6 Å². The minimum absolute atomic E-state index is 0.201. The summed E-state index contributed by atoms with van der Waals surface area (Å²) in [6.07, 6.45) is 3.48. The monoisotopic (exact) mass is 239 g/mol. The van der Waals surface area contributed by atoms with Crippen LogP contribution in [0.1, 0.15) is 32.6 Å².